The molecule has 0 spiro atoms. The molecular formula is C23H21N3O2. The van der Waals surface area contributed by atoms with Crippen LogP contribution in [0.3, 0.4) is 0 Å². The average molecular weight is 371 g/mol. The second kappa shape index (κ2) is 8.39. The highest BCUT2D eigenvalue weighted by Crippen LogP contribution is 2.14. The third-order valence-corrected chi connectivity index (χ3v) is 4.46. The van der Waals surface area contributed by atoms with Gasteiger partial charge in [0.2, 0.25) is 0 Å². The summed E-state index contributed by atoms with van der Waals surface area (Å²) in [5.74, 6) is 0.626. The minimum absolute atomic E-state index is 0.0807. The van der Waals surface area contributed by atoms with Crippen molar-refractivity contribution in [3.63, 3.8) is 0 Å². The largest absolute Gasteiger partial charge is 0.487 e. The number of rotatable bonds is 7. The molecule has 0 saturated carbocycles. The zero-order chi connectivity index (χ0) is 19.2. The first kappa shape index (κ1) is 17.8. The lowest BCUT2D eigenvalue weighted by Crippen LogP contribution is -2.25. The molecule has 0 aliphatic heterocycles. The van der Waals surface area contributed by atoms with Crippen molar-refractivity contribution in [2.24, 2.45) is 0 Å². The van der Waals surface area contributed by atoms with Crippen LogP contribution in [-0.4, -0.2) is 21.8 Å². The predicted octanol–water partition coefficient (Wildman–Crippen LogP) is 3.89. The molecule has 4 rings (SSSR count). The summed E-state index contributed by atoms with van der Waals surface area (Å²) >= 11 is 0. The molecule has 28 heavy (non-hydrogen) atoms. The average Bonchev–Trinajstić information content (AvgIpc) is 3.16. The first-order valence-electron chi connectivity index (χ1n) is 9.25. The van der Waals surface area contributed by atoms with Crippen LogP contribution in [0.2, 0.25) is 0 Å². The first-order chi connectivity index (χ1) is 13.8. The molecule has 0 aliphatic rings. The van der Waals surface area contributed by atoms with Crippen molar-refractivity contribution in [3.8, 4) is 5.75 Å². The van der Waals surface area contributed by atoms with E-state index in [1.165, 1.54) is 5.56 Å². The van der Waals surface area contributed by atoms with E-state index in [9.17, 15) is 4.79 Å². The van der Waals surface area contributed by atoms with Crippen LogP contribution in [0.1, 0.15) is 21.6 Å². The van der Waals surface area contributed by atoms with E-state index >= 15 is 0 Å². The van der Waals surface area contributed by atoms with Crippen molar-refractivity contribution in [2.75, 3.05) is 6.54 Å². The lowest BCUT2D eigenvalue weighted by molar-refractivity contribution is 0.0954. The Morgan fingerprint density at radius 3 is 2.54 bits per heavy atom. The SMILES string of the molecule is O=C(NCCc1ccccc1)c1ccc(OCc2cn3ccccc3n2)cc1. The highest BCUT2D eigenvalue weighted by Gasteiger charge is 2.06. The van der Waals surface area contributed by atoms with Crippen molar-refractivity contribution in [3.05, 3.63) is 102 Å². The van der Waals surface area contributed by atoms with Crippen molar-refractivity contribution < 1.29 is 9.53 Å². The summed E-state index contributed by atoms with van der Waals surface area (Å²) in [6.45, 7) is 0.985. The third kappa shape index (κ3) is 4.38. The predicted molar refractivity (Wildman–Crippen MR) is 108 cm³/mol. The number of imidazole rings is 1. The number of aromatic nitrogens is 2. The van der Waals surface area contributed by atoms with Gasteiger partial charge in [-0.05, 0) is 48.4 Å². The Hall–Kier alpha value is -3.60. The Bertz CT molecular complexity index is 1020. The third-order valence-electron chi connectivity index (χ3n) is 4.46. The molecule has 0 unspecified atom stereocenters. The zero-order valence-electron chi connectivity index (χ0n) is 15.4. The highest BCUT2D eigenvalue weighted by molar-refractivity contribution is 5.94. The van der Waals surface area contributed by atoms with Crippen molar-refractivity contribution in [1.29, 1.82) is 0 Å². The zero-order valence-corrected chi connectivity index (χ0v) is 15.4. The van der Waals surface area contributed by atoms with Gasteiger partial charge in [-0.1, -0.05) is 36.4 Å². The Kier molecular flexibility index (Phi) is 5.33. The van der Waals surface area contributed by atoms with Crippen LogP contribution < -0.4 is 10.1 Å². The number of pyridine rings is 1. The van der Waals surface area contributed by atoms with E-state index in [2.05, 4.69) is 22.4 Å². The normalized spacial score (nSPS) is 10.7. The van der Waals surface area contributed by atoms with E-state index in [0.717, 1.165) is 17.8 Å². The van der Waals surface area contributed by atoms with E-state index < -0.39 is 0 Å². The minimum Gasteiger partial charge on any atom is -0.487 e. The molecule has 2 heterocycles. The summed E-state index contributed by atoms with van der Waals surface area (Å²) in [6.07, 6.45) is 4.72. The molecule has 2 aromatic carbocycles. The summed E-state index contributed by atoms with van der Waals surface area (Å²) in [5.41, 5.74) is 3.57. The maximum atomic E-state index is 12.3. The van der Waals surface area contributed by atoms with E-state index in [4.69, 9.17) is 4.74 Å². The molecule has 0 atom stereocenters. The number of hydrogen-bond donors (Lipinski definition) is 1. The van der Waals surface area contributed by atoms with Crippen molar-refractivity contribution >= 4 is 11.6 Å². The number of fused-ring (bicyclic) bond motifs is 1. The summed E-state index contributed by atoms with van der Waals surface area (Å²) in [4.78, 5) is 16.8. The van der Waals surface area contributed by atoms with Gasteiger partial charge in [0.1, 0.15) is 18.0 Å². The summed E-state index contributed by atoms with van der Waals surface area (Å²) < 4.78 is 7.75. The Balaban J connectivity index is 1.28. The molecule has 1 amide bonds. The maximum Gasteiger partial charge on any atom is 0.251 e. The fourth-order valence-electron chi connectivity index (χ4n) is 2.98. The molecule has 5 nitrogen and oxygen atoms in total. The number of amides is 1. The van der Waals surface area contributed by atoms with E-state index in [1.54, 1.807) is 12.1 Å². The Morgan fingerprint density at radius 1 is 0.964 bits per heavy atom. The van der Waals surface area contributed by atoms with Crippen LogP contribution in [0.25, 0.3) is 5.65 Å². The summed E-state index contributed by atoms with van der Waals surface area (Å²) in [6, 6.07) is 23.1. The number of nitrogens with zero attached hydrogens (tertiary/aromatic N) is 2. The van der Waals surface area contributed by atoms with Crippen LogP contribution in [0.4, 0.5) is 0 Å². The fourth-order valence-corrected chi connectivity index (χ4v) is 2.98. The Labute approximate surface area is 163 Å². The molecule has 4 aromatic rings. The van der Waals surface area contributed by atoms with Crippen LogP contribution in [-0.2, 0) is 13.0 Å². The van der Waals surface area contributed by atoms with E-state index in [-0.39, 0.29) is 5.91 Å². The Morgan fingerprint density at radius 2 is 1.75 bits per heavy atom. The van der Waals surface area contributed by atoms with Crippen LogP contribution >= 0.6 is 0 Å². The van der Waals surface area contributed by atoms with Crippen LogP contribution in [0.5, 0.6) is 5.75 Å². The number of benzene rings is 2. The monoisotopic (exact) mass is 371 g/mol. The fraction of sp³-hybridized carbons (Fsp3) is 0.130. The molecule has 0 fully saturated rings. The van der Waals surface area contributed by atoms with Gasteiger partial charge in [-0.2, -0.15) is 0 Å². The van der Waals surface area contributed by atoms with E-state index in [0.29, 0.717) is 24.5 Å². The second-order valence-corrected chi connectivity index (χ2v) is 6.50. The second-order valence-electron chi connectivity index (χ2n) is 6.50. The molecule has 5 heteroatoms. The quantitative estimate of drug-likeness (QED) is 0.536. The summed E-state index contributed by atoms with van der Waals surface area (Å²) in [7, 11) is 0. The topological polar surface area (TPSA) is 55.6 Å². The van der Waals surface area contributed by atoms with Crippen molar-refractivity contribution in [2.45, 2.75) is 13.0 Å². The molecule has 140 valence electrons. The highest BCUT2D eigenvalue weighted by atomic mass is 16.5. The minimum atomic E-state index is -0.0807. The van der Waals surface area contributed by atoms with Gasteiger partial charge < -0.3 is 14.5 Å². The number of carbonyl (C=O) groups excluding carboxylic acids is 1. The number of ether oxygens (including phenoxy) is 1. The van der Waals surface area contributed by atoms with Crippen molar-refractivity contribution in [1.82, 2.24) is 14.7 Å². The van der Waals surface area contributed by atoms with Gasteiger partial charge in [-0.15, -0.1) is 0 Å². The van der Waals surface area contributed by atoms with Gasteiger partial charge in [0.25, 0.3) is 5.91 Å². The molecule has 0 aliphatic carbocycles. The molecular weight excluding hydrogens is 350 g/mol. The lowest BCUT2D eigenvalue weighted by atomic mass is 10.1. The van der Waals surface area contributed by atoms with Gasteiger partial charge in [-0.3, -0.25) is 4.79 Å². The number of nitrogens with one attached hydrogen (secondary N) is 1. The summed E-state index contributed by atoms with van der Waals surface area (Å²) in [5, 5.41) is 2.95. The smallest absolute Gasteiger partial charge is 0.251 e. The van der Waals surface area contributed by atoms with Gasteiger partial charge in [0.15, 0.2) is 0 Å². The number of carbonyl (C=O) groups is 1. The molecule has 1 N–H and O–H groups in total. The first-order valence-corrected chi connectivity index (χ1v) is 9.25. The van der Waals surface area contributed by atoms with Gasteiger partial charge in [0.05, 0.1) is 5.69 Å². The van der Waals surface area contributed by atoms with Gasteiger partial charge in [0, 0.05) is 24.5 Å². The maximum absolute atomic E-state index is 12.3. The van der Waals surface area contributed by atoms with Gasteiger partial charge >= 0.3 is 0 Å². The number of hydrogen-bond acceptors (Lipinski definition) is 3. The van der Waals surface area contributed by atoms with Crippen LogP contribution in [0, 0.1) is 0 Å². The standard InChI is InChI=1S/C23H21N3O2/c27-23(24-14-13-18-6-2-1-3-7-18)19-9-11-21(12-10-19)28-17-20-16-26-15-5-4-8-22(26)25-20/h1-12,15-16H,13-14,17H2,(H,24,27). The van der Waals surface area contributed by atoms with Crippen LogP contribution in [0.15, 0.2) is 85.2 Å². The lowest BCUT2D eigenvalue weighted by Gasteiger charge is -2.07. The molecule has 0 bridgehead atoms. The van der Waals surface area contributed by atoms with Gasteiger partial charge in [-0.25, -0.2) is 4.98 Å². The molecule has 2 aromatic heterocycles. The molecule has 0 radical (unpaired) electrons. The molecule has 0 saturated heterocycles. The van der Waals surface area contributed by atoms with E-state index in [1.807, 2.05) is 65.3 Å².